The lowest BCUT2D eigenvalue weighted by Gasteiger charge is -2.23. The van der Waals surface area contributed by atoms with Crippen LogP contribution in [0.4, 0.5) is 0 Å². The van der Waals surface area contributed by atoms with Gasteiger partial charge in [-0.25, -0.2) is 0 Å². The molecule has 0 atom stereocenters. The van der Waals surface area contributed by atoms with E-state index in [1.54, 1.807) is 0 Å². The molecule has 1 fully saturated rings. The Labute approximate surface area is 110 Å². The van der Waals surface area contributed by atoms with Gasteiger partial charge in [-0.3, -0.25) is 0 Å². The molecule has 3 nitrogen and oxygen atoms in total. The highest BCUT2D eigenvalue weighted by molar-refractivity contribution is 9.10. The van der Waals surface area contributed by atoms with E-state index in [-0.39, 0.29) is 0 Å². The Morgan fingerprint density at radius 2 is 2.06 bits per heavy atom. The van der Waals surface area contributed by atoms with Crippen molar-refractivity contribution < 1.29 is 9.47 Å². The summed E-state index contributed by atoms with van der Waals surface area (Å²) in [5, 5.41) is 3.40. The predicted octanol–water partition coefficient (Wildman–Crippen LogP) is 2.72. The van der Waals surface area contributed by atoms with Crippen molar-refractivity contribution in [3.8, 4) is 11.5 Å². The van der Waals surface area contributed by atoms with E-state index in [2.05, 4.69) is 27.3 Å². The minimum Gasteiger partial charge on any atom is -0.454 e. The lowest BCUT2D eigenvalue weighted by Crippen LogP contribution is -2.28. The molecule has 1 aromatic rings. The van der Waals surface area contributed by atoms with Gasteiger partial charge in [0.05, 0.1) is 0 Å². The number of piperidine rings is 1. The van der Waals surface area contributed by atoms with Crippen LogP contribution >= 0.6 is 15.9 Å². The van der Waals surface area contributed by atoms with Crippen LogP contribution in [0.5, 0.6) is 11.5 Å². The second-order valence-corrected chi connectivity index (χ2v) is 5.51. The molecule has 92 valence electrons. The van der Waals surface area contributed by atoms with Crippen LogP contribution in [0.1, 0.15) is 18.4 Å². The zero-order valence-corrected chi connectivity index (χ0v) is 11.3. The van der Waals surface area contributed by atoms with E-state index in [0.717, 1.165) is 41.4 Å². The molecule has 17 heavy (non-hydrogen) atoms. The van der Waals surface area contributed by atoms with Gasteiger partial charge in [-0.1, -0.05) is 15.9 Å². The van der Waals surface area contributed by atoms with Crippen LogP contribution in [0.25, 0.3) is 0 Å². The van der Waals surface area contributed by atoms with E-state index in [1.807, 2.05) is 6.07 Å². The van der Waals surface area contributed by atoms with Crippen LogP contribution in [0.2, 0.25) is 0 Å². The maximum absolute atomic E-state index is 5.58. The quantitative estimate of drug-likeness (QED) is 0.910. The lowest BCUT2D eigenvalue weighted by molar-refractivity contribution is 0.173. The van der Waals surface area contributed by atoms with Crippen LogP contribution < -0.4 is 14.8 Å². The molecule has 4 heteroatoms. The number of rotatable bonds is 2. The zero-order chi connectivity index (χ0) is 11.7. The molecule has 0 amide bonds. The Balaban J connectivity index is 1.84. The van der Waals surface area contributed by atoms with Crippen molar-refractivity contribution in [3.63, 3.8) is 0 Å². The van der Waals surface area contributed by atoms with E-state index in [9.17, 15) is 0 Å². The second-order valence-electron chi connectivity index (χ2n) is 4.66. The van der Waals surface area contributed by atoms with Crippen molar-refractivity contribution in [3.05, 3.63) is 22.2 Å². The van der Waals surface area contributed by atoms with Gasteiger partial charge >= 0.3 is 0 Å². The monoisotopic (exact) mass is 297 g/mol. The van der Waals surface area contributed by atoms with Crippen molar-refractivity contribution >= 4 is 15.9 Å². The normalized spacial score (nSPS) is 19.6. The maximum Gasteiger partial charge on any atom is 0.231 e. The van der Waals surface area contributed by atoms with Crippen LogP contribution in [-0.4, -0.2) is 19.9 Å². The molecule has 1 saturated heterocycles. The van der Waals surface area contributed by atoms with E-state index >= 15 is 0 Å². The molecule has 2 aliphatic rings. The van der Waals surface area contributed by atoms with Gasteiger partial charge in [0.2, 0.25) is 6.79 Å². The van der Waals surface area contributed by atoms with Gasteiger partial charge in [0.25, 0.3) is 0 Å². The summed E-state index contributed by atoms with van der Waals surface area (Å²) >= 11 is 3.63. The Morgan fingerprint density at radius 1 is 1.24 bits per heavy atom. The number of fused-ring (bicyclic) bond motifs is 1. The number of benzene rings is 1. The zero-order valence-electron chi connectivity index (χ0n) is 9.67. The first-order valence-corrected chi connectivity index (χ1v) is 6.91. The molecular weight excluding hydrogens is 282 g/mol. The highest BCUT2D eigenvalue weighted by Crippen LogP contribution is 2.41. The molecule has 0 radical (unpaired) electrons. The van der Waals surface area contributed by atoms with Crippen molar-refractivity contribution in [1.29, 1.82) is 0 Å². The summed E-state index contributed by atoms with van der Waals surface area (Å²) in [6, 6.07) is 4.03. The largest absolute Gasteiger partial charge is 0.454 e. The first-order chi connectivity index (χ1) is 8.34. The second kappa shape index (κ2) is 4.86. The van der Waals surface area contributed by atoms with E-state index < -0.39 is 0 Å². The minimum absolute atomic E-state index is 0.352. The molecule has 2 aliphatic heterocycles. The molecule has 3 rings (SSSR count). The molecule has 0 bridgehead atoms. The number of halogens is 1. The third-order valence-corrected chi connectivity index (χ3v) is 4.28. The van der Waals surface area contributed by atoms with Crippen molar-refractivity contribution in [1.82, 2.24) is 5.32 Å². The van der Waals surface area contributed by atoms with E-state index in [1.165, 1.54) is 18.4 Å². The van der Waals surface area contributed by atoms with Crippen molar-refractivity contribution in [2.75, 3.05) is 19.9 Å². The smallest absolute Gasteiger partial charge is 0.231 e. The summed E-state index contributed by atoms with van der Waals surface area (Å²) in [7, 11) is 0. The summed E-state index contributed by atoms with van der Waals surface area (Å²) in [4.78, 5) is 0. The summed E-state index contributed by atoms with van der Waals surface area (Å²) in [6.45, 7) is 2.62. The van der Waals surface area contributed by atoms with Crippen LogP contribution in [0, 0.1) is 5.92 Å². The molecule has 0 saturated carbocycles. The average molecular weight is 298 g/mol. The van der Waals surface area contributed by atoms with Crippen LogP contribution in [0.15, 0.2) is 16.6 Å². The van der Waals surface area contributed by atoms with Gasteiger partial charge in [0.15, 0.2) is 11.5 Å². The Kier molecular flexibility index (Phi) is 3.25. The molecule has 0 aromatic heterocycles. The standard InChI is InChI=1S/C13H16BrNO2/c14-11-1-2-12-13(17-8-16-12)10(11)7-9-3-5-15-6-4-9/h1-2,9,15H,3-8H2. The molecule has 0 aliphatic carbocycles. The van der Waals surface area contributed by atoms with Crippen molar-refractivity contribution in [2.45, 2.75) is 19.3 Å². The molecule has 2 heterocycles. The molecule has 1 N–H and O–H groups in total. The van der Waals surface area contributed by atoms with Gasteiger partial charge in [-0.2, -0.15) is 0 Å². The van der Waals surface area contributed by atoms with Gasteiger partial charge in [0, 0.05) is 10.0 Å². The number of hydrogen-bond acceptors (Lipinski definition) is 3. The van der Waals surface area contributed by atoms with Crippen LogP contribution in [-0.2, 0) is 6.42 Å². The van der Waals surface area contributed by atoms with Crippen molar-refractivity contribution in [2.24, 2.45) is 5.92 Å². The Bertz CT molecular complexity index is 416. The van der Waals surface area contributed by atoms with E-state index in [4.69, 9.17) is 9.47 Å². The number of ether oxygens (including phenoxy) is 2. The molecule has 0 unspecified atom stereocenters. The first-order valence-electron chi connectivity index (χ1n) is 6.12. The summed E-state index contributed by atoms with van der Waals surface area (Å²) in [5.74, 6) is 2.58. The number of hydrogen-bond donors (Lipinski definition) is 1. The third kappa shape index (κ3) is 2.29. The SMILES string of the molecule is Brc1ccc2c(c1CC1CCNCC1)OCO2. The summed E-state index contributed by atoms with van der Waals surface area (Å²) in [5.41, 5.74) is 1.27. The maximum atomic E-state index is 5.58. The minimum atomic E-state index is 0.352. The Morgan fingerprint density at radius 3 is 2.88 bits per heavy atom. The van der Waals surface area contributed by atoms with Gasteiger partial charge in [-0.05, 0) is 50.4 Å². The molecule has 0 spiro atoms. The topological polar surface area (TPSA) is 30.5 Å². The molecular formula is C13H16BrNO2. The highest BCUT2D eigenvalue weighted by Gasteiger charge is 2.23. The number of nitrogens with one attached hydrogen (secondary N) is 1. The highest BCUT2D eigenvalue weighted by atomic mass is 79.9. The lowest BCUT2D eigenvalue weighted by atomic mass is 9.90. The van der Waals surface area contributed by atoms with Gasteiger partial charge < -0.3 is 14.8 Å². The summed E-state index contributed by atoms with van der Waals surface area (Å²) in [6.07, 6.45) is 3.57. The predicted molar refractivity (Wildman–Crippen MR) is 69.6 cm³/mol. The van der Waals surface area contributed by atoms with Crippen LogP contribution in [0.3, 0.4) is 0 Å². The first kappa shape index (κ1) is 11.4. The van der Waals surface area contributed by atoms with Gasteiger partial charge in [-0.15, -0.1) is 0 Å². The van der Waals surface area contributed by atoms with Gasteiger partial charge in [0.1, 0.15) is 0 Å². The Hall–Kier alpha value is -0.740. The molecule has 1 aromatic carbocycles. The van der Waals surface area contributed by atoms with E-state index in [0.29, 0.717) is 6.79 Å². The fourth-order valence-corrected chi connectivity index (χ4v) is 3.04. The summed E-state index contributed by atoms with van der Waals surface area (Å²) < 4.78 is 12.2. The average Bonchev–Trinajstić information content (AvgIpc) is 2.83. The fourth-order valence-electron chi connectivity index (χ4n) is 2.57. The third-order valence-electron chi connectivity index (χ3n) is 3.54. The fraction of sp³-hybridized carbons (Fsp3) is 0.538.